The normalized spacial score (nSPS) is 11.0. The molecule has 2 aromatic carbocycles. The number of anilines is 2. The van der Waals surface area contributed by atoms with Crippen LogP contribution in [0, 0.1) is 0 Å². The minimum atomic E-state index is -3.49. The van der Waals surface area contributed by atoms with Gasteiger partial charge >= 0.3 is 5.97 Å². The molecule has 10 heteroatoms. The lowest BCUT2D eigenvalue weighted by Gasteiger charge is -2.11. The van der Waals surface area contributed by atoms with Gasteiger partial charge in [-0.3, -0.25) is 9.52 Å². The van der Waals surface area contributed by atoms with Crippen LogP contribution < -0.4 is 10.0 Å². The Morgan fingerprint density at radius 1 is 1.00 bits per heavy atom. The molecule has 2 N–H and O–H groups in total. The predicted octanol–water partition coefficient (Wildman–Crippen LogP) is 3.79. The molecule has 0 fully saturated rings. The van der Waals surface area contributed by atoms with Gasteiger partial charge in [-0.2, -0.15) is 0 Å². The lowest BCUT2D eigenvalue weighted by atomic mass is 10.1. The molecule has 0 saturated carbocycles. The number of amides is 1. The summed E-state index contributed by atoms with van der Waals surface area (Å²) in [7, 11) is -3.49. The number of nitrogens with one attached hydrogen (secondary N) is 2. The molecule has 2 aromatic rings. The largest absolute Gasteiger partial charge is 0.462 e. The summed E-state index contributed by atoms with van der Waals surface area (Å²) in [6.45, 7) is 1.93. The number of carbonyl (C=O) groups excluding carboxylic acids is 2. The first-order chi connectivity index (χ1) is 12.6. The third-order valence-electron chi connectivity index (χ3n) is 3.26. The number of hydrogen-bond donors (Lipinski definition) is 2. The van der Waals surface area contributed by atoms with Gasteiger partial charge in [0.15, 0.2) is 0 Å². The fourth-order valence-corrected chi connectivity index (χ4v) is 3.18. The topological polar surface area (TPSA) is 102 Å². The van der Waals surface area contributed by atoms with E-state index in [2.05, 4.69) is 10.0 Å². The van der Waals surface area contributed by atoms with Gasteiger partial charge in [0.25, 0.3) is 5.91 Å². The third kappa shape index (κ3) is 5.85. The minimum absolute atomic E-state index is 0.0665. The van der Waals surface area contributed by atoms with Gasteiger partial charge in [-0.15, -0.1) is 0 Å². The molecule has 0 aliphatic heterocycles. The summed E-state index contributed by atoms with van der Waals surface area (Å²) in [5.41, 5.74) is 0.917. The Morgan fingerprint density at radius 3 is 2.11 bits per heavy atom. The molecule has 0 bridgehead atoms. The molecular weight excluding hydrogens is 415 g/mol. The first-order valence-corrected chi connectivity index (χ1v) is 10.3. The highest BCUT2D eigenvalue weighted by Gasteiger charge is 2.14. The second kappa shape index (κ2) is 8.60. The molecule has 27 heavy (non-hydrogen) atoms. The van der Waals surface area contributed by atoms with Crippen LogP contribution in [0.15, 0.2) is 36.4 Å². The molecule has 0 aliphatic rings. The Hall–Kier alpha value is -2.29. The lowest BCUT2D eigenvalue weighted by molar-refractivity contribution is 0.0526. The molecule has 0 radical (unpaired) electrons. The SMILES string of the molecule is CCOC(=O)c1ccc(NC(=O)c2ccc(NS(C)(=O)=O)c(Cl)c2)c(Cl)c1. The van der Waals surface area contributed by atoms with Gasteiger partial charge in [-0.05, 0) is 43.3 Å². The number of halogens is 2. The Balaban J connectivity index is 2.17. The van der Waals surface area contributed by atoms with Crippen LogP contribution in [-0.4, -0.2) is 33.2 Å². The Morgan fingerprint density at radius 2 is 1.56 bits per heavy atom. The highest BCUT2D eigenvalue weighted by atomic mass is 35.5. The van der Waals surface area contributed by atoms with E-state index in [-0.39, 0.29) is 33.5 Å². The molecule has 2 rings (SSSR count). The first kappa shape index (κ1) is 21.0. The van der Waals surface area contributed by atoms with E-state index in [1.54, 1.807) is 6.92 Å². The van der Waals surface area contributed by atoms with Crippen molar-refractivity contribution in [2.24, 2.45) is 0 Å². The van der Waals surface area contributed by atoms with Crippen molar-refractivity contribution in [1.29, 1.82) is 0 Å². The van der Waals surface area contributed by atoms with Crippen molar-refractivity contribution in [2.45, 2.75) is 6.92 Å². The van der Waals surface area contributed by atoms with E-state index in [4.69, 9.17) is 27.9 Å². The van der Waals surface area contributed by atoms with E-state index in [1.807, 2.05) is 0 Å². The maximum absolute atomic E-state index is 12.4. The second-order valence-corrected chi connectivity index (χ2v) is 8.00. The molecular formula is C17H16Cl2N2O5S. The summed E-state index contributed by atoms with van der Waals surface area (Å²) in [6, 6.07) is 8.46. The number of hydrogen-bond acceptors (Lipinski definition) is 5. The van der Waals surface area contributed by atoms with E-state index < -0.39 is 21.9 Å². The van der Waals surface area contributed by atoms with Gasteiger partial charge in [-0.25, -0.2) is 13.2 Å². The van der Waals surface area contributed by atoms with E-state index in [9.17, 15) is 18.0 Å². The van der Waals surface area contributed by atoms with Crippen LogP contribution in [0.5, 0.6) is 0 Å². The van der Waals surface area contributed by atoms with E-state index >= 15 is 0 Å². The van der Waals surface area contributed by atoms with Crippen molar-refractivity contribution in [2.75, 3.05) is 22.9 Å². The summed E-state index contributed by atoms with van der Waals surface area (Å²) in [5, 5.41) is 2.83. The Bertz CT molecular complexity index is 993. The molecule has 0 saturated heterocycles. The molecule has 0 heterocycles. The van der Waals surface area contributed by atoms with E-state index in [0.717, 1.165) is 6.26 Å². The van der Waals surface area contributed by atoms with Crippen molar-refractivity contribution in [3.8, 4) is 0 Å². The summed E-state index contributed by atoms with van der Waals surface area (Å²) in [5.74, 6) is -1.02. The number of carbonyl (C=O) groups is 2. The van der Waals surface area contributed by atoms with Crippen molar-refractivity contribution in [3.05, 3.63) is 57.6 Å². The van der Waals surface area contributed by atoms with Gasteiger partial charge < -0.3 is 10.1 Å². The summed E-state index contributed by atoms with van der Waals surface area (Å²) < 4.78 is 29.7. The van der Waals surface area contributed by atoms with Crippen LogP contribution in [0.2, 0.25) is 10.0 Å². The van der Waals surface area contributed by atoms with Crippen LogP contribution in [0.4, 0.5) is 11.4 Å². The summed E-state index contributed by atoms with van der Waals surface area (Å²) in [4.78, 5) is 24.1. The fourth-order valence-electron chi connectivity index (χ4n) is 2.09. The zero-order valence-electron chi connectivity index (χ0n) is 14.4. The fraction of sp³-hybridized carbons (Fsp3) is 0.176. The average Bonchev–Trinajstić information content (AvgIpc) is 2.57. The zero-order chi connectivity index (χ0) is 20.2. The molecule has 0 aromatic heterocycles. The van der Waals surface area contributed by atoms with Gasteiger partial charge in [0, 0.05) is 5.56 Å². The van der Waals surface area contributed by atoms with Gasteiger partial charge in [0.05, 0.1) is 39.8 Å². The number of rotatable bonds is 6. The Kier molecular flexibility index (Phi) is 6.69. The smallest absolute Gasteiger partial charge is 0.338 e. The van der Waals surface area contributed by atoms with Crippen LogP contribution in [-0.2, 0) is 14.8 Å². The third-order valence-corrected chi connectivity index (χ3v) is 4.47. The van der Waals surface area contributed by atoms with Crippen molar-refractivity contribution in [1.82, 2.24) is 0 Å². The van der Waals surface area contributed by atoms with Crippen molar-refractivity contribution in [3.63, 3.8) is 0 Å². The first-order valence-electron chi connectivity index (χ1n) is 7.66. The monoisotopic (exact) mass is 430 g/mol. The van der Waals surface area contributed by atoms with Gasteiger partial charge in [0.1, 0.15) is 0 Å². The maximum Gasteiger partial charge on any atom is 0.338 e. The molecule has 0 unspecified atom stereocenters. The number of sulfonamides is 1. The van der Waals surface area contributed by atoms with E-state index in [1.165, 1.54) is 36.4 Å². The molecule has 0 aliphatic carbocycles. The van der Waals surface area contributed by atoms with Crippen LogP contribution in [0.3, 0.4) is 0 Å². The maximum atomic E-state index is 12.4. The van der Waals surface area contributed by atoms with Crippen LogP contribution in [0.25, 0.3) is 0 Å². The number of benzene rings is 2. The second-order valence-electron chi connectivity index (χ2n) is 5.44. The molecule has 0 spiro atoms. The van der Waals surface area contributed by atoms with Crippen LogP contribution in [0.1, 0.15) is 27.6 Å². The highest BCUT2D eigenvalue weighted by molar-refractivity contribution is 7.92. The predicted molar refractivity (Wildman–Crippen MR) is 105 cm³/mol. The average molecular weight is 431 g/mol. The zero-order valence-corrected chi connectivity index (χ0v) is 16.7. The molecule has 7 nitrogen and oxygen atoms in total. The molecule has 1 amide bonds. The van der Waals surface area contributed by atoms with Gasteiger partial charge in [-0.1, -0.05) is 23.2 Å². The van der Waals surface area contributed by atoms with Crippen LogP contribution >= 0.6 is 23.2 Å². The lowest BCUT2D eigenvalue weighted by Crippen LogP contribution is -2.14. The molecule has 144 valence electrons. The van der Waals surface area contributed by atoms with Crippen molar-refractivity contribution < 1.29 is 22.7 Å². The van der Waals surface area contributed by atoms with Gasteiger partial charge in [0.2, 0.25) is 10.0 Å². The van der Waals surface area contributed by atoms with Crippen molar-refractivity contribution >= 4 is 56.5 Å². The number of ether oxygens (including phenoxy) is 1. The summed E-state index contributed by atoms with van der Waals surface area (Å²) >= 11 is 12.1. The minimum Gasteiger partial charge on any atom is -0.462 e. The summed E-state index contributed by atoms with van der Waals surface area (Å²) in [6.07, 6.45) is 0.992. The standard InChI is InChI=1S/C17H16Cl2N2O5S/c1-3-26-17(23)11-5-6-14(12(18)9-11)20-16(22)10-4-7-15(13(19)8-10)21-27(2,24)25/h4-9,21H,3H2,1-2H3,(H,20,22). The molecule has 0 atom stereocenters. The quantitative estimate of drug-likeness (QED) is 0.678. The van der Waals surface area contributed by atoms with E-state index in [0.29, 0.717) is 5.69 Å². The Labute approximate surface area is 166 Å². The highest BCUT2D eigenvalue weighted by Crippen LogP contribution is 2.27. The number of esters is 1.